The van der Waals surface area contributed by atoms with Gasteiger partial charge in [-0.3, -0.25) is 14.5 Å². The van der Waals surface area contributed by atoms with Gasteiger partial charge in [-0.15, -0.1) is 0 Å². The van der Waals surface area contributed by atoms with Crippen LogP contribution in [0.4, 0.5) is 0 Å². The standard InChI is InChI=1S/C25H27BrN2O6/c1-2-34-20-15-17(5-8-19(20)29)22-21(23(30)16-3-6-18(26)7-4-16)24(31)25(32)28(22)10-9-27-11-13-33-14-12-27/h3-8,15,22,29-30H,2,9-14H2,1H3/b23-21-. The summed E-state index contributed by atoms with van der Waals surface area (Å²) in [6.07, 6.45) is 0. The smallest absolute Gasteiger partial charge is 0.295 e. The van der Waals surface area contributed by atoms with Crippen molar-refractivity contribution in [1.82, 2.24) is 9.80 Å². The molecule has 2 aliphatic rings. The minimum atomic E-state index is -0.815. The molecule has 9 heteroatoms. The number of ether oxygens (including phenoxy) is 2. The third-order valence-electron chi connectivity index (χ3n) is 6.02. The number of hydrogen-bond donors (Lipinski definition) is 2. The maximum atomic E-state index is 13.2. The molecule has 2 saturated heterocycles. The first-order valence-corrected chi connectivity index (χ1v) is 12.0. The summed E-state index contributed by atoms with van der Waals surface area (Å²) < 4.78 is 11.8. The van der Waals surface area contributed by atoms with Gasteiger partial charge in [0.2, 0.25) is 0 Å². The van der Waals surface area contributed by atoms with Gasteiger partial charge < -0.3 is 24.6 Å². The van der Waals surface area contributed by atoms with Crippen molar-refractivity contribution >= 4 is 33.4 Å². The van der Waals surface area contributed by atoms with E-state index >= 15 is 0 Å². The van der Waals surface area contributed by atoms with Gasteiger partial charge >= 0.3 is 0 Å². The number of carbonyl (C=O) groups is 2. The summed E-state index contributed by atoms with van der Waals surface area (Å²) in [5, 5.41) is 21.3. The highest BCUT2D eigenvalue weighted by Crippen LogP contribution is 2.41. The van der Waals surface area contributed by atoms with Crippen LogP contribution in [0.1, 0.15) is 24.1 Å². The number of morpholine rings is 1. The van der Waals surface area contributed by atoms with E-state index in [1.165, 1.54) is 11.0 Å². The lowest BCUT2D eigenvalue weighted by Gasteiger charge is -2.31. The number of aliphatic hydroxyl groups is 1. The highest BCUT2D eigenvalue weighted by Gasteiger charge is 2.46. The molecule has 1 amide bonds. The third-order valence-corrected chi connectivity index (χ3v) is 6.55. The first-order valence-electron chi connectivity index (χ1n) is 11.2. The SMILES string of the molecule is CCOc1cc(C2/C(=C(/O)c3ccc(Br)cc3)C(=O)C(=O)N2CCN2CCOCC2)ccc1O. The van der Waals surface area contributed by atoms with Gasteiger partial charge in [0.05, 0.1) is 31.4 Å². The van der Waals surface area contributed by atoms with E-state index in [2.05, 4.69) is 20.8 Å². The van der Waals surface area contributed by atoms with Gasteiger partial charge in [-0.2, -0.15) is 0 Å². The minimum Gasteiger partial charge on any atom is -0.507 e. The molecule has 180 valence electrons. The molecule has 0 saturated carbocycles. The highest BCUT2D eigenvalue weighted by molar-refractivity contribution is 9.10. The minimum absolute atomic E-state index is 0.0161. The first kappa shape index (κ1) is 24.3. The lowest BCUT2D eigenvalue weighted by molar-refractivity contribution is -0.140. The Morgan fingerprint density at radius 1 is 1.12 bits per heavy atom. The number of hydrogen-bond acceptors (Lipinski definition) is 7. The number of Topliss-reactive ketones (excluding diaryl/α,β-unsaturated/α-hetero) is 1. The van der Waals surface area contributed by atoms with Crippen LogP contribution in [0.3, 0.4) is 0 Å². The highest BCUT2D eigenvalue weighted by atomic mass is 79.9. The van der Waals surface area contributed by atoms with E-state index in [4.69, 9.17) is 9.47 Å². The lowest BCUT2D eigenvalue weighted by Crippen LogP contribution is -2.42. The fourth-order valence-electron chi connectivity index (χ4n) is 4.27. The largest absolute Gasteiger partial charge is 0.507 e. The molecule has 2 heterocycles. The molecule has 2 aromatic rings. The summed E-state index contributed by atoms with van der Waals surface area (Å²) in [5.41, 5.74) is 1.02. The van der Waals surface area contributed by atoms with Gasteiger partial charge in [0.1, 0.15) is 5.76 Å². The van der Waals surface area contributed by atoms with Crippen LogP contribution in [-0.2, 0) is 14.3 Å². The van der Waals surface area contributed by atoms with Crippen molar-refractivity contribution < 1.29 is 29.3 Å². The maximum absolute atomic E-state index is 13.2. The molecule has 1 atom stereocenters. The van der Waals surface area contributed by atoms with Crippen LogP contribution in [0.15, 0.2) is 52.5 Å². The Balaban J connectivity index is 1.76. The van der Waals surface area contributed by atoms with E-state index in [0.29, 0.717) is 44.0 Å². The van der Waals surface area contributed by atoms with Gasteiger partial charge in [0.25, 0.3) is 11.7 Å². The topological polar surface area (TPSA) is 99.5 Å². The Morgan fingerprint density at radius 3 is 2.50 bits per heavy atom. The van der Waals surface area contributed by atoms with Crippen molar-refractivity contribution in [1.29, 1.82) is 0 Å². The summed E-state index contributed by atoms with van der Waals surface area (Å²) >= 11 is 3.37. The van der Waals surface area contributed by atoms with Crippen LogP contribution in [0, 0.1) is 0 Å². The van der Waals surface area contributed by atoms with Crippen LogP contribution >= 0.6 is 15.9 Å². The molecule has 2 fully saturated rings. The third kappa shape index (κ3) is 4.96. The molecule has 0 bridgehead atoms. The molecule has 0 spiro atoms. The summed E-state index contributed by atoms with van der Waals surface area (Å²) in [5.74, 6) is -1.43. The Kier molecular flexibility index (Phi) is 7.55. The molecule has 0 aromatic heterocycles. The van der Waals surface area contributed by atoms with Crippen LogP contribution in [0.25, 0.3) is 5.76 Å². The zero-order chi connectivity index (χ0) is 24.2. The zero-order valence-corrected chi connectivity index (χ0v) is 20.5. The molecule has 0 aliphatic carbocycles. The van der Waals surface area contributed by atoms with E-state index in [0.717, 1.165) is 17.6 Å². The maximum Gasteiger partial charge on any atom is 0.295 e. The number of phenolic OH excluding ortho intramolecular Hbond substituents is 1. The number of amides is 1. The van der Waals surface area contributed by atoms with Crippen molar-refractivity contribution in [3.05, 3.63) is 63.6 Å². The molecule has 8 nitrogen and oxygen atoms in total. The monoisotopic (exact) mass is 530 g/mol. The molecule has 0 radical (unpaired) electrons. The molecule has 4 rings (SSSR count). The average Bonchev–Trinajstić information content (AvgIpc) is 3.10. The second kappa shape index (κ2) is 10.6. The fourth-order valence-corrected chi connectivity index (χ4v) is 4.53. The Hall–Kier alpha value is -2.88. The van der Waals surface area contributed by atoms with Crippen molar-refractivity contribution in [2.75, 3.05) is 46.0 Å². The second-order valence-corrected chi connectivity index (χ2v) is 9.03. The summed E-state index contributed by atoms with van der Waals surface area (Å²) in [4.78, 5) is 30.0. The van der Waals surface area contributed by atoms with E-state index in [-0.39, 0.29) is 22.8 Å². The summed E-state index contributed by atoms with van der Waals surface area (Å²) in [6, 6.07) is 10.8. The van der Waals surface area contributed by atoms with Crippen molar-refractivity contribution in [2.45, 2.75) is 13.0 Å². The predicted octanol–water partition coefficient (Wildman–Crippen LogP) is 3.31. The van der Waals surface area contributed by atoms with Gasteiger partial charge in [-0.25, -0.2) is 0 Å². The number of rotatable bonds is 7. The van der Waals surface area contributed by atoms with E-state index in [1.807, 2.05) is 0 Å². The van der Waals surface area contributed by atoms with Crippen LogP contribution in [0.5, 0.6) is 11.5 Å². The van der Waals surface area contributed by atoms with Gasteiger partial charge in [-0.05, 0) is 36.8 Å². The van der Waals surface area contributed by atoms with Crippen molar-refractivity contribution in [3.63, 3.8) is 0 Å². The number of benzene rings is 2. The first-order chi connectivity index (χ1) is 16.4. The summed E-state index contributed by atoms with van der Waals surface area (Å²) in [6.45, 7) is 5.77. The molecule has 2 N–H and O–H groups in total. The van der Waals surface area contributed by atoms with Crippen LogP contribution < -0.4 is 4.74 Å². The number of phenols is 1. The average molecular weight is 531 g/mol. The fraction of sp³-hybridized carbons (Fsp3) is 0.360. The Labute approximate surface area is 206 Å². The molecule has 1 unspecified atom stereocenters. The number of aromatic hydroxyl groups is 1. The van der Waals surface area contributed by atoms with Gasteiger partial charge in [0, 0.05) is 36.2 Å². The molecular formula is C25H27BrN2O6. The number of halogens is 1. The normalized spacial score (nSPS) is 20.6. The van der Waals surface area contributed by atoms with Crippen molar-refractivity contribution in [2.24, 2.45) is 0 Å². The number of nitrogens with zero attached hydrogens (tertiary/aromatic N) is 2. The van der Waals surface area contributed by atoms with Crippen molar-refractivity contribution in [3.8, 4) is 11.5 Å². The van der Waals surface area contributed by atoms with Gasteiger partial charge in [-0.1, -0.05) is 34.1 Å². The van der Waals surface area contributed by atoms with Crippen LogP contribution in [0.2, 0.25) is 0 Å². The predicted molar refractivity (Wildman–Crippen MR) is 130 cm³/mol. The quantitative estimate of drug-likeness (QED) is 0.321. The molecule has 2 aliphatic heterocycles. The molecule has 2 aromatic carbocycles. The van der Waals surface area contributed by atoms with E-state index in [9.17, 15) is 19.8 Å². The van der Waals surface area contributed by atoms with E-state index in [1.54, 1.807) is 43.3 Å². The Bertz CT molecular complexity index is 1100. The second-order valence-electron chi connectivity index (χ2n) is 8.11. The van der Waals surface area contributed by atoms with Crippen LogP contribution in [-0.4, -0.2) is 77.7 Å². The number of ketones is 1. The number of aliphatic hydroxyl groups excluding tert-OH is 1. The number of likely N-dealkylation sites (tertiary alicyclic amines) is 1. The molecule has 34 heavy (non-hydrogen) atoms. The Morgan fingerprint density at radius 2 is 1.82 bits per heavy atom. The zero-order valence-electron chi connectivity index (χ0n) is 18.9. The summed E-state index contributed by atoms with van der Waals surface area (Å²) in [7, 11) is 0. The van der Waals surface area contributed by atoms with Gasteiger partial charge in [0.15, 0.2) is 11.5 Å². The van der Waals surface area contributed by atoms with E-state index < -0.39 is 17.7 Å². The number of carbonyl (C=O) groups excluding carboxylic acids is 2. The lowest BCUT2D eigenvalue weighted by atomic mass is 9.95. The molecular weight excluding hydrogens is 504 g/mol.